The average molecular weight is 380 g/mol. The number of nitrogens with one attached hydrogen (secondary N) is 1. The Hall–Kier alpha value is -3.52. The molecule has 0 saturated carbocycles. The van der Waals surface area contributed by atoms with Crippen molar-refractivity contribution < 1.29 is 5.11 Å². The Kier molecular flexibility index (Phi) is 4.39. The van der Waals surface area contributed by atoms with Crippen LogP contribution in [0.15, 0.2) is 55.1 Å². The molecule has 2 aromatic carbocycles. The van der Waals surface area contributed by atoms with Crippen molar-refractivity contribution in [1.29, 1.82) is 0 Å². The van der Waals surface area contributed by atoms with Gasteiger partial charge < -0.3 is 10.4 Å². The van der Waals surface area contributed by atoms with E-state index in [0.29, 0.717) is 35.0 Å². The molecule has 2 aromatic heterocycles. The summed E-state index contributed by atoms with van der Waals surface area (Å²) in [5.74, 6) is 0.878. The first kappa shape index (κ1) is 16.9. The summed E-state index contributed by atoms with van der Waals surface area (Å²) in [4.78, 5) is 14.0. The molecule has 0 radical (unpaired) electrons. The number of benzene rings is 2. The number of halogens is 1. The summed E-state index contributed by atoms with van der Waals surface area (Å²) < 4.78 is 0. The largest absolute Gasteiger partial charge is 0.506 e. The molecule has 2 heterocycles. The van der Waals surface area contributed by atoms with Gasteiger partial charge in [-0.25, -0.2) is 0 Å². The van der Waals surface area contributed by atoms with Crippen molar-refractivity contribution in [1.82, 2.24) is 29.9 Å². The fourth-order valence-corrected chi connectivity index (χ4v) is 2.68. The fraction of sp³-hybridized carbons (Fsp3) is 0.0556. The van der Waals surface area contributed by atoms with Crippen LogP contribution in [0.1, 0.15) is 0 Å². The second-order valence-corrected chi connectivity index (χ2v) is 5.94. The number of para-hydroxylation sites is 2. The lowest BCUT2D eigenvalue weighted by Crippen LogP contribution is -2.05. The summed E-state index contributed by atoms with van der Waals surface area (Å²) >= 11 is 6.01. The van der Waals surface area contributed by atoms with E-state index in [1.807, 2.05) is 18.2 Å². The molecule has 0 aliphatic rings. The van der Waals surface area contributed by atoms with Gasteiger partial charge in [0.25, 0.3) is 0 Å². The topological polar surface area (TPSA) is 102 Å². The van der Waals surface area contributed by atoms with Gasteiger partial charge in [0.1, 0.15) is 22.5 Å². The van der Waals surface area contributed by atoms with Gasteiger partial charge in [0.2, 0.25) is 11.2 Å². The number of hydrogen-bond donors (Lipinski definition) is 2. The number of fused-ring (bicyclic) bond motifs is 1. The van der Waals surface area contributed by atoms with E-state index in [1.54, 1.807) is 30.3 Å². The highest BCUT2D eigenvalue weighted by molar-refractivity contribution is 6.28. The summed E-state index contributed by atoms with van der Waals surface area (Å²) in [5, 5.41) is 21.9. The molecule has 8 nitrogen and oxygen atoms in total. The maximum atomic E-state index is 10.00. The third kappa shape index (κ3) is 3.42. The first-order chi connectivity index (χ1) is 13.1. The molecule has 0 saturated heterocycles. The molecular weight excluding hydrogens is 366 g/mol. The zero-order chi connectivity index (χ0) is 18.8. The van der Waals surface area contributed by atoms with Crippen LogP contribution >= 0.6 is 11.6 Å². The molecule has 0 unspecified atom stereocenters. The fourth-order valence-electron chi connectivity index (χ4n) is 2.52. The molecule has 2 N–H and O–H groups in total. The minimum absolute atomic E-state index is 0.0875. The van der Waals surface area contributed by atoms with Crippen LogP contribution in [0.25, 0.3) is 28.1 Å². The Labute approximate surface area is 159 Å². The van der Waals surface area contributed by atoms with E-state index in [4.69, 9.17) is 11.6 Å². The average Bonchev–Trinajstić information content (AvgIpc) is 3.09. The normalized spacial score (nSPS) is 10.9. The SMILES string of the molecule is C=CCNc1nc(Cl)nc(-c2ccc3nn(-c4ccccc4O)nc3c2)n1. The summed E-state index contributed by atoms with van der Waals surface area (Å²) in [6.07, 6.45) is 1.70. The maximum absolute atomic E-state index is 10.00. The summed E-state index contributed by atoms with van der Waals surface area (Å²) in [7, 11) is 0. The quantitative estimate of drug-likeness (QED) is 0.513. The van der Waals surface area contributed by atoms with E-state index in [2.05, 4.69) is 37.0 Å². The van der Waals surface area contributed by atoms with E-state index >= 15 is 0 Å². The van der Waals surface area contributed by atoms with E-state index in [1.165, 1.54) is 4.80 Å². The molecule has 27 heavy (non-hydrogen) atoms. The predicted octanol–water partition coefficient (Wildman–Crippen LogP) is 3.23. The predicted molar refractivity (Wildman–Crippen MR) is 103 cm³/mol. The number of rotatable bonds is 5. The van der Waals surface area contributed by atoms with Crippen molar-refractivity contribution in [2.75, 3.05) is 11.9 Å². The van der Waals surface area contributed by atoms with Crippen molar-refractivity contribution in [3.8, 4) is 22.8 Å². The zero-order valence-corrected chi connectivity index (χ0v) is 14.8. The van der Waals surface area contributed by atoms with Gasteiger partial charge in [-0.15, -0.1) is 21.6 Å². The number of nitrogens with zero attached hydrogens (tertiary/aromatic N) is 6. The summed E-state index contributed by atoms with van der Waals surface area (Å²) in [5.41, 5.74) is 2.52. The van der Waals surface area contributed by atoms with Gasteiger partial charge in [-0.3, -0.25) is 0 Å². The molecule has 9 heteroatoms. The third-order valence-electron chi connectivity index (χ3n) is 3.75. The van der Waals surface area contributed by atoms with Gasteiger partial charge in [-0.1, -0.05) is 18.2 Å². The highest BCUT2D eigenvalue weighted by Gasteiger charge is 2.12. The van der Waals surface area contributed by atoms with Gasteiger partial charge in [0.05, 0.1) is 0 Å². The first-order valence-electron chi connectivity index (χ1n) is 8.06. The second-order valence-electron chi connectivity index (χ2n) is 5.60. The lowest BCUT2D eigenvalue weighted by Gasteiger charge is -2.05. The van der Waals surface area contributed by atoms with Crippen LogP contribution in [0.4, 0.5) is 5.95 Å². The highest BCUT2D eigenvalue weighted by atomic mass is 35.5. The zero-order valence-electron chi connectivity index (χ0n) is 14.0. The number of aromatic nitrogens is 6. The minimum atomic E-state index is 0.0875. The van der Waals surface area contributed by atoms with Crippen LogP contribution in [0.5, 0.6) is 5.75 Å². The van der Waals surface area contributed by atoms with Crippen LogP contribution < -0.4 is 5.32 Å². The maximum Gasteiger partial charge on any atom is 0.227 e. The lowest BCUT2D eigenvalue weighted by atomic mass is 10.2. The molecule has 0 aliphatic carbocycles. The van der Waals surface area contributed by atoms with Gasteiger partial charge >= 0.3 is 0 Å². The summed E-state index contributed by atoms with van der Waals surface area (Å²) in [6, 6.07) is 12.3. The number of anilines is 1. The minimum Gasteiger partial charge on any atom is -0.506 e. The monoisotopic (exact) mass is 379 g/mol. The number of hydrogen-bond acceptors (Lipinski definition) is 7. The molecule has 0 fully saturated rings. The molecule has 0 aliphatic heterocycles. The molecule has 0 atom stereocenters. The first-order valence-corrected chi connectivity index (χ1v) is 8.44. The van der Waals surface area contributed by atoms with E-state index < -0.39 is 0 Å². The standard InChI is InChI=1S/C18H14ClN7O/c1-2-9-20-18-22-16(21-17(19)23-18)11-7-8-12-13(10-11)25-26(24-12)14-5-3-4-6-15(14)27/h2-8,10,27H,1,9H2,(H,20,21,22,23). The molecular formula is C18H14ClN7O. The van der Waals surface area contributed by atoms with Gasteiger partial charge in [-0.2, -0.15) is 15.0 Å². The number of phenols is 1. The summed E-state index contributed by atoms with van der Waals surface area (Å²) in [6.45, 7) is 4.15. The molecule has 4 rings (SSSR count). The van der Waals surface area contributed by atoms with Crippen LogP contribution in [-0.2, 0) is 0 Å². The Balaban J connectivity index is 1.75. The number of phenolic OH excluding ortho intramolecular Hbond substituents is 1. The Morgan fingerprint density at radius 3 is 2.70 bits per heavy atom. The van der Waals surface area contributed by atoms with E-state index in [-0.39, 0.29) is 11.0 Å². The Bertz CT molecular complexity index is 1140. The van der Waals surface area contributed by atoms with Crippen LogP contribution in [0.2, 0.25) is 5.28 Å². The smallest absolute Gasteiger partial charge is 0.227 e. The molecule has 134 valence electrons. The van der Waals surface area contributed by atoms with Crippen molar-refractivity contribution in [3.05, 3.63) is 60.4 Å². The van der Waals surface area contributed by atoms with Crippen molar-refractivity contribution >= 4 is 28.6 Å². The molecule has 0 bridgehead atoms. The third-order valence-corrected chi connectivity index (χ3v) is 3.92. The molecule has 4 aromatic rings. The van der Waals surface area contributed by atoms with E-state index in [9.17, 15) is 5.11 Å². The Morgan fingerprint density at radius 1 is 1.07 bits per heavy atom. The number of aromatic hydroxyl groups is 1. The van der Waals surface area contributed by atoms with Crippen molar-refractivity contribution in [2.24, 2.45) is 0 Å². The lowest BCUT2D eigenvalue weighted by molar-refractivity contribution is 0.468. The van der Waals surface area contributed by atoms with Gasteiger partial charge in [0, 0.05) is 12.1 Å². The molecule has 0 amide bonds. The second kappa shape index (κ2) is 7.00. The van der Waals surface area contributed by atoms with Crippen LogP contribution in [0, 0.1) is 0 Å². The van der Waals surface area contributed by atoms with Crippen LogP contribution in [-0.4, -0.2) is 41.6 Å². The molecule has 0 spiro atoms. The van der Waals surface area contributed by atoms with Crippen LogP contribution in [0.3, 0.4) is 0 Å². The van der Waals surface area contributed by atoms with Crippen molar-refractivity contribution in [3.63, 3.8) is 0 Å². The highest BCUT2D eigenvalue weighted by Crippen LogP contribution is 2.24. The Morgan fingerprint density at radius 2 is 1.89 bits per heavy atom. The van der Waals surface area contributed by atoms with Gasteiger partial charge in [-0.05, 0) is 41.9 Å². The van der Waals surface area contributed by atoms with Gasteiger partial charge in [0.15, 0.2) is 5.82 Å². The van der Waals surface area contributed by atoms with E-state index in [0.717, 1.165) is 5.56 Å². The van der Waals surface area contributed by atoms with Crippen molar-refractivity contribution in [2.45, 2.75) is 0 Å².